The Labute approximate surface area is 310 Å². The lowest BCUT2D eigenvalue weighted by atomic mass is 9.82. The topological polar surface area (TPSA) is 25.8 Å². The molecule has 10 rings (SSSR count). The molecule has 2 heteroatoms. The molecule has 53 heavy (non-hydrogen) atoms. The van der Waals surface area contributed by atoms with Crippen LogP contribution in [0.2, 0.25) is 0 Å². The van der Waals surface area contributed by atoms with Crippen molar-refractivity contribution >= 4 is 21.5 Å². The molecule has 8 aromatic carbocycles. The van der Waals surface area contributed by atoms with E-state index in [0.29, 0.717) is 5.82 Å². The normalized spacial score (nSPS) is 12.9. The maximum atomic E-state index is 5.29. The van der Waals surface area contributed by atoms with Crippen LogP contribution in [-0.2, 0) is 5.41 Å². The number of nitrogens with zero attached hydrogens (tertiary/aromatic N) is 2. The van der Waals surface area contributed by atoms with Crippen LogP contribution in [0.3, 0.4) is 0 Å². The smallest absolute Gasteiger partial charge is 0.160 e. The fraction of sp³-hybridized carbons (Fsp3) is 0.0588. The Morgan fingerprint density at radius 1 is 0.358 bits per heavy atom. The Hall–Kier alpha value is -6.64. The maximum Gasteiger partial charge on any atom is 0.160 e. The van der Waals surface area contributed by atoms with Crippen LogP contribution in [0, 0.1) is 0 Å². The van der Waals surface area contributed by atoms with E-state index in [-0.39, 0.29) is 5.41 Å². The van der Waals surface area contributed by atoms with E-state index in [9.17, 15) is 0 Å². The summed E-state index contributed by atoms with van der Waals surface area (Å²) in [5, 5.41) is 4.73. The molecule has 0 bridgehead atoms. The molecular formula is C51H36N2. The number of hydrogen-bond donors (Lipinski definition) is 0. The standard InChI is InChI=1S/C51H36N2/c1-51(2)45-26-12-11-23-41(45)44-31-36(27-30-46(44)51)37-28-29-42(40-22-10-9-21-39(37)40)47-32-48(53-50(52-47)35-17-7-4-8-18-35)43-25-14-20-34-19-13-24-38(49(34)43)33-15-5-3-6-16-33/h3-32H,1-2H3. The molecule has 0 aliphatic heterocycles. The van der Waals surface area contributed by atoms with Gasteiger partial charge in [-0.2, -0.15) is 0 Å². The molecule has 0 amide bonds. The molecule has 0 radical (unpaired) electrons. The molecule has 0 saturated heterocycles. The van der Waals surface area contributed by atoms with Crippen LogP contribution in [0.4, 0.5) is 0 Å². The quantitative estimate of drug-likeness (QED) is 0.181. The van der Waals surface area contributed by atoms with Gasteiger partial charge < -0.3 is 0 Å². The van der Waals surface area contributed by atoms with Gasteiger partial charge in [0.15, 0.2) is 5.82 Å². The van der Waals surface area contributed by atoms with E-state index in [2.05, 4.69) is 190 Å². The Morgan fingerprint density at radius 3 is 1.68 bits per heavy atom. The van der Waals surface area contributed by atoms with Crippen molar-refractivity contribution in [3.63, 3.8) is 0 Å². The molecule has 0 spiro atoms. The molecule has 250 valence electrons. The van der Waals surface area contributed by atoms with Gasteiger partial charge in [-0.3, -0.25) is 0 Å². The number of benzene rings is 8. The summed E-state index contributed by atoms with van der Waals surface area (Å²) in [5.41, 5.74) is 15.2. The van der Waals surface area contributed by atoms with E-state index in [1.54, 1.807) is 0 Å². The van der Waals surface area contributed by atoms with Gasteiger partial charge in [0, 0.05) is 22.1 Å². The highest BCUT2D eigenvalue weighted by atomic mass is 14.9. The number of rotatable bonds is 5. The Morgan fingerprint density at radius 2 is 0.925 bits per heavy atom. The van der Waals surface area contributed by atoms with Gasteiger partial charge in [-0.25, -0.2) is 9.97 Å². The molecule has 1 aromatic heterocycles. The molecule has 0 N–H and O–H groups in total. The summed E-state index contributed by atoms with van der Waals surface area (Å²) in [6, 6.07) is 65.4. The lowest BCUT2D eigenvalue weighted by Gasteiger charge is -2.21. The fourth-order valence-electron chi connectivity index (χ4n) is 8.51. The molecule has 9 aromatic rings. The van der Waals surface area contributed by atoms with Crippen molar-refractivity contribution in [1.82, 2.24) is 9.97 Å². The van der Waals surface area contributed by atoms with E-state index >= 15 is 0 Å². The third-order valence-corrected chi connectivity index (χ3v) is 11.1. The van der Waals surface area contributed by atoms with Crippen LogP contribution in [-0.4, -0.2) is 9.97 Å². The first-order valence-electron chi connectivity index (χ1n) is 18.3. The minimum absolute atomic E-state index is 0.0243. The first-order chi connectivity index (χ1) is 26.0. The van der Waals surface area contributed by atoms with Gasteiger partial charge in [0.1, 0.15) is 0 Å². The summed E-state index contributed by atoms with van der Waals surface area (Å²) >= 11 is 0. The van der Waals surface area contributed by atoms with Crippen LogP contribution in [0.15, 0.2) is 182 Å². The van der Waals surface area contributed by atoms with Crippen LogP contribution in [0.1, 0.15) is 25.0 Å². The molecule has 0 unspecified atom stereocenters. The predicted octanol–water partition coefficient (Wildman–Crippen LogP) is 13.4. The van der Waals surface area contributed by atoms with Crippen molar-refractivity contribution in [3.05, 3.63) is 193 Å². The van der Waals surface area contributed by atoms with Gasteiger partial charge in [-0.05, 0) is 78.2 Å². The van der Waals surface area contributed by atoms with Crippen molar-refractivity contribution < 1.29 is 0 Å². The van der Waals surface area contributed by atoms with E-state index in [1.165, 1.54) is 60.7 Å². The van der Waals surface area contributed by atoms with Crippen LogP contribution < -0.4 is 0 Å². The summed E-state index contributed by atoms with van der Waals surface area (Å²) < 4.78 is 0. The first kappa shape index (κ1) is 31.1. The second kappa shape index (κ2) is 12.3. The molecular weight excluding hydrogens is 641 g/mol. The molecule has 2 nitrogen and oxygen atoms in total. The molecule has 1 heterocycles. The Kier molecular flexibility index (Phi) is 7.19. The average Bonchev–Trinajstić information content (AvgIpc) is 3.45. The van der Waals surface area contributed by atoms with Gasteiger partial charge in [-0.15, -0.1) is 0 Å². The van der Waals surface area contributed by atoms with Gasteiger partial charge in [0.2, 0.25) is 0 Å². The number of aromatic nitrogens is 2. The zero-order valence-corrected chi connectivity index (χ0v) is 29.7. The second-order valence-corrected chi connectivity index (χ2v) is 14.5. The van der Waals surface area contributed by atoms with E-state index in [4.69, 9.17) is 9.97 Å². The lowest BCUT2D eigenvalue weighted by molar-refractivity contribution is 0.660. The van der Waals surface area contributed by atoms with Crippen molar-refractivity contribution in [1.29, 1.82) is 0 Å². The van der Waals surface area contributed by atoms with Crippen molar-refractivity contribution in [2.75, 3.05) is 0 Å². The molecule has 1 aliphatic carbocycles. The molecule has 0 saturated carbocycles. The minimum atomic E-state index is -0.0243. The van der Waals surface area contributed by atoms with Gasteiger partial charge in [0.05, 0.1) is 11.4 Å². The van der Waals surface area contributed by atoms with Crippen LogP contribution >= 0.6 is 0 Å². The molecule has 0 fully saturated rings. The second-order valence-electron chi connectivity index (χ2n) is 14.5. The summed E-state index contributed by atoms with van der Waals surface area (Å²) in [7, 11) is 0. The molecule has 0 atom stereocenters. The zero-order chi connectivity index (χ0) is 35.5. The third-order valence-electron chi connectivity index (χ3n) is 11.1. The largest absolute Gasteiger partial charge is 0.228 e. The van der Waals surface area contributed by atoms with Crippen LogP contribution in [0.5, 0.6) is 0 Å². The highest BCUT2D eigenvalue weighted by molar-refractivity contribution is 6.08. The Balaban J connectivity index is 1.18. The Bertz CT molecular complexity index is 2850. The summed E-state index contributed by atoms with van der Waals surface area (Å²) in [6.45, 7) is 4.67. The lowest BCUT2D eigenvalue weighted by Crippen LogP contribution is -2.14. The van der Waals surface area contributed by atoms with Gasteiger partial charge >= 0.3 is 0 Å². The average molecular weight is 677 g/mol. The SMILES string of the molecule is CC1(C)c2ccccc2-c2cc(-c3ccc(-c4cc(-c5cccc6cccc(-c7ccccc7)c56)nc(-c5ccccc5)n4)c4ccccc34)ccc21. The summed E-state index contributed by atoms with van der Waals surface area (Å²) in [4.78, 5) is 10.6. The summed E-state index contributed by atoms with van der Waals surface area (Å²) in [5.74, 6) is 0.709. The summed E-state index contributed by atoms with van der Waals surface area (Å²) in [6.07, 6.45) is 0. The van der Waals surface area contributed by atoms with E-state index in [0.717, 1.165) is 33.5 Å². The zero-order valence-electron chi connectivity index (χ0n) is 29.7. The number of hydrogen-bond acceptors (Lipinski definition) is 2. The molecule has 1 aliphatic rings. The highest BCUT2D eigenvalue weighted by Gasteiger charge is 2.35. The van der Waals surface area contributed by atoms with E-state index in [1.807, 2.05) is 6.07 Å². The van der Waals surface area contributed by atoms with E-state index < -0.39 is 0 Å². The van der Waals surface area contributed by atoms with Gasteiger partial charge in [-0.1, -0.05) is 184 Å². The first-order valence-corrected chi connectivity index (χ1v) is 18.3. The number of fused-ring (bicyclic) bond motifs is 5. The van der Waals surface area contributed by atoms with Crippen molar-refractivity contribution in [2.24, 2.45) is 0 Å². The van der Waals surface area contributed by atoms with Crippen molar-refractivity contribution in [3.8, 4) is 67.3 Å². The fourth-order valence-corrected chi connectivity index (χ4v) is 8.51. The highest BCUT2D eigenvalue weighted by Crippen LogP contribution is 2.50. The maximum absolute atomic E-state index is 5.29. The van der Waals surface area contributed by atoms with Gasteiger partial charge in [0.25, 0.3) is 0 Å². The monoisotopic (exact) mass is 676 g/mol. The van der Waals surface area contributed by atoms with Crippen LogP contribution in [0.25, 0.3) is 88.8 Å². The third kappa shape index (κ3) is 5.10. The van der Waals surface area contributed by atoms with Crippen molar-refractivity contribution in [2.45, 2.75) is 19.3 Å². The predicted molar refractivity (Wildman–Crippen MR) is 222 cm³/mol. The minimum Gasteiger partial charge on any atom is -0.228 e.